The van der Waals surface area contributed by atoms with Crippen molar-refractivity contribution in [2.24, 2.45) is 5.73 Å². The Labute approximate surface area is 104 Å². The number of hydrogen-bond acceptors (Lipinski definition) is 2. The maximum Gasteiger partial charge on any atom is 0.0579 e. The van der Waals surface area contributed by atoms with Gasteiger partial charge in [0.25, 0.3) is 0 Å². The second-order valence-corrected chi connectivity index (χ2v) is 5.09. The van der Waals surface area contributed by atoms with E-state index in [4.69, 9.17) is 10.5 Å². The largest absolute Gasteiger partial charge is 0.375 e. The average molecular weight is 233 g/mol. The van der Waals surface area contributed by atoms with Gasteiger partial charge in [-0.05, 0) is 44.6 Å². The molecule has 0 spiro atoms. The third-order valence-electron chi connectivity index (χ3n) is 3.59. The van der Waals surface area contributed by atoms with Gasteiger partial charge >= 0.3 is 0 Å². The molecule has 2 nitrogen and oxygen atoms in total. The molecule has 0 bridgehead atoms. The van der Waals surface area contributed by atoms with Crippen LogP contribution in [0.3, 0.4) is 0 Å². The molecule has 3 atom stereocenters. The van der Waals surface area contributed by atoms with Crippen molar-refractivity contribution in [1.29, 1.82) is 0 Å². The molecule has 0 aromatic heterocycles. The van der Waals surface area contributed by atoms with E-state index in [0.717, 1.165) is 19.3 Å². The smallest absolute Gasteiger partial charge is 0.0579 e. The Hall–Kier alpha value is -0.860. The van der Waals surface area contributed by atoms with Gasteiger partial charge in [-0.2, -0.15) is 0 Å². The topological polar surface area (TPSA) is 35.2 Å². The summed E-state index contributed by atoms with van der Waals surface area (Å²) in [6.45, 7) is 2.16. The second kappa shape index (κ2) is 6.18. The van der Waals surface area contributed by atoms with Crippen molar-refractivity contribution in [2.75, 3.05) is 0 Å². The van der Waals surface area contributed by atoms with E-state index in [-0.39, 0.29) is 6.04 Å². The predicted molar refractivity (Wildman–Crippen MR) is 70.8 cm³/mol. The molecule has 0 amide bonds. The summed E-state index contributed by atoms with van der Waals surface area (Å²) in [4.78, 5) is 0. The van der Waals surface area contributed by atoms with Crippen LogP contribution in [0.15, 0.2) is 30.3 Å². The van der Waals surface area contributed by atoms with Gasteiger partial charge in [0.05, 0.1) is 12.2 Å². The summed E-state index contributed by atoms with van der Waals surface area (Å²) in [7, 11) is 0. The molecule has 2 rings (SSSR count). The van der Waals surface area contributed by atoms with Crippen molar-refractivity contribution in [3.63, 3.8) is 0 Å². The lowest BCUT2D eigenvalue weighted by Crippen LogP contribution is -2.12. The lowest BCUT2D eigenvalue weighted by Gasteiger charge is -2.14. The molecule has 1 aliphatic heterocycles. The summed E-state index contributed by atoms with van der Waals surface area (Å²) in [6, 6.07) is 10.5. The van der Waals surface area contributed by atoms with Gasteiger partial charge in [0.1, 0.15) is 0 Å². The van der Waals surface area contributed by atoms with E-state index in [2.05, 4.69) is 31.2 Å². The van der Waals surface area contributed by atoms with Crippen LogP contribution in [-0.4, -0.2) is 12.2 Å². The first kappa shape index (κ1) is 12.6. The molecule has 3 unspecified atom stereocenters. The van der Waals surface area contributed by atoms with Crippen LogP contribution >= 0.6 is 0 Å². The maximum absolute atomic E-state index is 6.17. The summed E-state index contributed by atoms with van der Waals surface area (Å²) in [5.41, 5.74) is 7.41. The van der Waals surface area contributed by atoms with Crippen molar-refractivity contribution in [3.8, 4) is 0 Å². The van der Waals surface area contributed by atoms with Crippen molar-refractivity contribution in [1.82, 2.24) is 0 Å². The molecule has 0 aliphatic carbocycles. The van der Waals surface area contributed by atoms with Gasteiger partial charge in [-0.15, -0.1) is 0 Å². The molecule has 2 N–H and O–H groups in total. The number of benzene rings is 1. The molecule has 2 heteroatoms. The fourth-order valence-electron chi connectivity index (χ4n) is 2.53. The van der Waals surface area contributed by atoms with Crippen molar-refractivity contribution >= 4 is 0 Å². The van der Waals surface area contributed by atoms with Gasteiger partial charge in [0.15, 0.2) is 0 Å². The SMILES string of the molecule is CC1CCC(CCCC(N)c2ccccc2)O1. The van der Waals surface area contributed by atoms with Gasteiger partial charge in [-0.25, -0.2) is 0 Å². The third-order valence-corrected chi connectivity index (χ3v) is 3.59. The summed E-state index contributed by atoms with van der Waals surface area (Å²) >= 11 is 0. The van der Waals surface area contributed by atoms with E-state index in [0.29, 0.717) is 12.2 Å². The minimum absolute atomic E-state index is 0.176. The van der Waals surface area contributed by atoms with Gasteiger partial charge < -0.3 is 10.5 Å². The molecule has 0 saturated carbocycles. The average Bonchev–Trinajstić information content (AvgIpc) is 2.76. The van der Waals surface area contributed by atoms with Gasteiger partial charge in [-0.1, -0.05) is 30.3 Å². The first-order valence-corrected chi connectivity index (χ1v) is 6.71. The Morgan fingerprint density at radius 3 is 2.71 bits per heavy atom. The van der Waals surface area contributed by atoms with E-state index in [1.54, 1.807) is 0 Å². The van der Waals surface area contributed by atoms with Gasteiger partial charge in [0, 0.05) is 6.04 Å². The maximum atomic E-state index is 6.17. The van der Waals surface area contributed by atoms with Crippen LogP contribution in [0.4, 0.5) is 0 Å². The molecule has 94 valence electrons. The predicted octanol–water partition coefficient (Wildman–Crippen LogP) is 3.42. The quantitative estimate of drug-likeness (QED) is 0.845. The fourth-order valence-corrected chi connectivity index (χ4v) is 2.53. The van der Waals surface area contributed by atoms with Crippen molar-refractivity contribution < 1.29 is 4.74 Å². The van der Waals surface area contributed by atoms with Crippen LogP contribution in [0.1, 0.15) is 50.6 Å². The summed E-state index contributed by atoms with van der Waals surface area (Å²) in [6.07, 6.45) is 6.75. The minimum Gasteiger partial charge on any atom is -0.375 e. The zero-order chi connectivity index (χ0) is 12.1. The Bertz CT molecular complexity index is 325. The molecule has 1 saturated heterocycles. The van der Waals surface area contributed by atoms with Crippen molar-refractivity contribution in [2.45, 2.75) is 57.3 Å². The fraction of sp³-hybridized carbons (Fsp3) is 0.600. The van der Waals surface area contributed by atoms with Crippen LogP contribution in [0.5, 0.6) is 0 Å². The molecule has 1 aliphatic rings. The highest BCUT2D eigenvalue weighted by atomic mass is 16.5. The monoisotopic (exact) mass is 233 g/mol. The number of ether oxygens (including phenoxy) is 1. The number of hydrogen-bond donors (Lipinski definition) is 1. The number of nitrogens with two attached hydrogens (primary N) is 1. The normalized spacial score (nSPS) is 26.0. The standard InChI is InChI=1S/C15H23NO/c1-12-10-11-14(17-12)8-5-9-15(16)13-6-3-2-4-7-13/h2-4,6-7,12,14-15H,5,8-11,16H2,1H3. The Morgan fingerprint density at radius 2 is 2.06 bits per heavy atom. The second-order valence-electron chi connectivity index (χ2n) is 5.09. The minimum atomic E-state index is 0.176. The highest BCUT2D eigenvalue weighted by Crippen LogP contribution is 2.24. The van der Waals surface area contributed by atoms with Crippen LogP contribution in [0, 0.1) is 0 Å². The van der Waals surface area contributed by atoms with E-state index in [9.17, 15) is 0 Å². The third kappa shape index (κ3) is 3.83. The number of rotatable bonds is 5. The first-order chi connectivity index (χ1) is 8.25. The molecule has 1 aromatic rings. The molecule has 1 aromatic carbocycles. The Balaban J connectivity index is 1.68. The summed E-state index contributed by atoms with van der Waals surface area (Å²) in [5.74, 6) is 0. The van der Waals surface area contributed by atoms with E-state index in [1.807, 2.05) is 6.07 Å². The lowest BCUT2D eigenvalue weighted by atomic mass is 10.00. The zero-order valence-corrected chi connectivity index (χ0v) is 10.6. The molecule has 17 heavy (non-hydrogen) atoms. The molecular weight excluding hydrogens is 210 g/mol. The van der Waals surface area contributed by atoms with E-state index < -0.39 is 0 Å². The first-order valence-electron chi connectivity index (χ1n) is 6.71. The van der Waals surface area contributed by atoms with Crippen LogP contribution in [0.25, 0.3) is 0 Å². The summed E-state index contributed by atoms with van der Waals surface area (Å²) < 4.78 is 5.81. The highest BCUT2D eigenvalue weighted by molar-refractivity contribution is 5.18. The van der Waals surface area contributed by atoms with Crippen LogP contribution in [-0.2, 0) is 4.74 Å². The Kier molecular flexibility index (Phi) is 4.57. The van der Waals surface area contributed by atoms with E-state index in [1.165, 1.54) is 18.4 Å². The molecular formula is C15H23NO. The summed E-state index contributed by atoms with van der Waals surface area (Å²) in [5, 5.41) is 0. The lowest BCUT2D eigenvalue weighted by molar-refractivity contribution is 0.0493. The van der Waals surface area contributed by atoms with E-state index >= 15 is 0 Å². The van der Waals surface area contributed by atoms with Crippen LogP contribution in [0.2, 0.25) is 0 Å². The van der Waals surface area contributed by atoms with Crippen molar-refractivity contribution in [3.05, 3.63) is 35.9 Å². The zero-order valence-electron chi connectivity index (χ0n) is 10.6. The van der Waals surface area contributed by atoms with Crippen LogP contribution < -0.4 is 5.73 Å². The highest BCUT2D eigenvalue weighted by Gasteiger charge is 2.21. The van der Waals surface area contributed by atoms with Gasteiger partial charge in [-0.3, -0.25) is 0 Å². The van der Waals surface area contributed by atoms with Gasteiger partial charge in [0.2, 0.25) is 0 Å². The molecule has 1 fully saturated rings. The Morgan fingerprint density at radius 1 is 1.29 bits per heavy atom. The molecule has 0 radical (unpaired) electrons. The molecule has 1 heterocycles.